The molecular formula is C9H15NO2. The van der Waals surface area contributed by atoms with Crippen molar-refractivity contribution in [1.82, 2.24) is 5.32 Å². The minimum absolute atomic E-state index is 0.219. The van der Waals surface area contributed by atoms with E-state index >= 15 is 0 Å². The van der Waals surface area contributed by atoms with Crippen LogP contribution in [-0.4, -0.2) is 23.2 Å². The summed E-state index contributed by atoms with van der Waals surface area (Å²) < 4.78 is 0. The summed E-state index contributed by atoms with van der Waals surface area (Å²) in [6.45, 7) is 1.50. The van der Waals surface area contributed by atoms with Gasteiger partial charge in [-0.25, -0.2) is 0 Å². The third-order valence-corrected chi connectivity index (χ3v) is 2.77. The maximum Gasteiger partial charge on any atom is 0.248 e. The van der Waals surface area contributed by atoms with Crippen LogP contribution in [0.5, 0.6) is 0 Å². The molecule has 3 nitrogen and oxygen atoms in total. The van der Waals surface area contributed by atoms with Gasteiger partial charge in [-0.1, -0.05) is 0 Å². The topological polar surface area (TPSA) is 49.3 Å². The molecule has 0 aromatic heterocycles. The summed E-state index contributed by atoms with van der Waals surface area (Å²) >= 11 is 0. The Morgan fingerprint density at radius 3 is 2.75 bits per heavy atom. The van der Waals surface area contributed by atoms with Crippen LogP contribution >= 0.6 is 0 Å². The molecule has 0 saturated heterocycles. The van der Waals surface area contributed by atoms with E-state index in [0.29, 0.717) is 6.04 Å². The third kappa shape index (κ3) is 1.61. The standard InChI is InChI=1S/C9H15NO2/c1-5(11)9(12)10-8-4-7(8)6-2-3-6/h5-8,11H,2-4H2,1H3,(H,10,12)/t5-,7?,8?/m1/s1. The molecule has 0 radical (unpaired) electrons. The summed E-state index contributed by atoms with van der Waals surface area (Å²) in [6.07, 6.45) is 2.95. The first-order valence-electron chi connectivity index (χ1n) is 4.67. The molecule has 2 aliphatic rings. The zero-order chi connectivity index (χ0) is 8.72. The van der Waals surface area contributed by atoms with Gasteiger partial charge in [-0.15, -0.1) is 0 Å². The van der Waals surface area contributed by atoms with Gasteiger partial charge >= 0.3 is 0 Å². The lowest BCUT2D eigenvalue weighted by atomic mass is 10.2. The molecule has 2 unspecified atom stereocenters. The van der Waals surface area contributed by atoms with Gasteiger partial charge in [0.2, 0.25) is 5.91 Å². The Kier molecular flexibility index (Phi) is 1.83. The van der Waals surface area contributed by atoms with E-state index in [2.05, 4.69) is 5.32 Å². The maximum absolute atomic E-state index is 11.0. The van der Waals surface area contributed by atoms with Crippen molar-refractivity contribution in [3.05, 3.63) is 0 Å². The van der Waals surface area contributed by atoms with Crippen LogP contribution in [0.2, 0.25) is 0 Å². The monoisotopic (exact) mass is 169 g/mol. The highest BCUT2D eigenvalue weighted by molar-refractivity contribution is 5.80. The number of carbonyl (C=O) groups excluding carboxylic acids is 1. The van der Waals surface area contributed by atoms with Gasteiger partial charge in [0.15, 0.2) is 0 Å². The molecule has 2 rings (SSSR count). The smallest absolute Gasteiger partial charge is 0.248 e. The van der Waals surface area contributed by atoms with Crippen molar-refractivity contribution in [1.29, 1.82) is 0 Å². The van der Waals surface area contributed by atoms with Gasteiger partial charge in [0.05, 0.1) is 0 Å². The van der Waals surface area contributed by atoms with Crippen LogP contribution in [0.25, 0.3) is 0 Å². The van der Waals surface area contributed by atoms with Gasteiger partial charge in [0.1, 0.15) is 6.10 Å². The van der Waals surface area contributed by atoms with E-state index in [-0.39, 0.29) is 5.91 Å². The van der Waals surface area contributed by atoms with Crippen LogP contribution in [0.15, 0.2) is 0 Å². The van der Waals surface area contributed by atoms with Gasteiger partial charge in [-0.2, -0.15) is 0 Å². The lowest BCUT2D eigenvalue weighted by Crippen LogP contribution is -2.34. The van der Waals surface area contributed by atoms with E-state index < -0.39 is 6.10 Å². The molecular weight excluding hydrogens is 154 g/mol. The van der Waals surface area contributed by atoms with E-state index in [9.17, 15) is 4.79 Å². The molecule has 1 amide bonds. The second-order valence-corrected chi connectivity index (χ2v) is 4.03. The quantitative estimate of drug-likeness (QED) is 0.637. The van der Waals surface area contributed by atoms with E-state index in [4.69, 9.17) is 5.11 Å². The van der Waals surface area contributed by atoms with Crippen molar-refractivity contribution in [2.45, 2.75) is 38.3 Å². The zero-order valence-electron chi connectivity index (χ0n) is 7.29. The Hall–Kier alpha value is -0.570. The fourth-order valence-corrected chi connectivity index (χ4v) is 1.73. The molecule has 2 aliphatic carbocycles. The summed E-state index contributed by atoms with van der Waals surface area (Å²) in [5.41, 5.74) is 0. The summed E-state index contributed by atoms with van der Waals surface area (Å²) in [6, 6.07) is 0.375. The van der Waals surface area contributed by atoms with Gasteiger partial charge in [0, 0.05) is 6.04 Å². The molecule has 0 aromatic rings. The molecule has 68 valence electrons. The molecule has 2 fully saturated rings. The van der Waals surface area contributed by atoms with Crippen molar-refractivity contribution in [3.63, 3.8) is 0 Å². The number of aliphatic hydroxyl groups excluding tert-OH is 1. The van der Waals surface area contributed by atoms with E-state index in [1.54, 1.807) is 0 Å². The van der Waals surface area contributed by atoms with Gasteiger partial charge in [0.25, 0.3) is 0 Å². The molecule has 3 heteroatoms. The van der Waals surface area contributed by atoms with E-state index in [1.165, 1.54) is 19.8 Å². The first-order chi connectivity index (χ1) is 5.68. The minimum atomic E-state index is -0.856. The van der Waals surface area contributed by atoms with Crippen LogP contribution in [0.3, 0.4) is 0 Å². The molecule has 12 heavy (non-hydrogen) atoms. The first kappa shape index (κ1) is 8.05. The number of hydrogen-bond acceptors (Lipinski definition) is 2. The average molecular weight is 169 g/mol. The van der Waals surface area contributed by atoms with Gasteiger partial charge in [-0.3, -0.25) is 4.79 Å². The van der Waals surface area contributed by atoms with Crippen LogP contribution in [0.4, 0.5) is 0 Å². The summed E-state index contributed by atoms with van der Waals surface area (Å²) in [4.78, 5) is 11.0. The normalized spacial score (nSPS) is 35.8. The minimum Gasteiger partial charge on any atom is -0.384 e. The Bertz CT molecular complexity index is 199. The van der Waals surface area contributed by atoms with Gasteiger partial charge < -0.3 is 10.4 Å². The van der Waals surface area contributed by atoms with Crippen molar-refractivity contribution in [2.75, 3.05) is 0 Å². The van der Waals surface area contributed by atoms with Crippen LogP contribution in [0, 0.1) is 11.8 Å². The van der Waals surface area contributed by atoms with Crippen molar-refractivity contribution >= 4 is 5.91 Å². The van der Waals surface area contributed by atoms with Crippen molar-refractivity contribution < 1.29 is 9.90 Å². The maximum atomic E-state index is 11.0. The molecule has 3 atom stereocenters. The predicted molar refractivity (Wildman–Crippen MR) is 44.4 cm³/mol. The number of carbonyl (C=O) groups is 1. The fraction of sp³-hybridized carbons (Fsp3) is 0.889. The van der Waals surface area contributed by atoms with Crippen molar-refractivity contribution in [3.8, 4) is 0 Å². The molecule has 2 saturated carbocycles. The first-order valence-corrected chi connectivity index (χ1v) is 4.67. The fourth-order valence-electron chi connectivity index (χ4n) is 1.73. The molecule has 0 aromatic carbocycles. The second-order valence-electron chi connectivity index (χ2n) is 4.03. The summed E-state index contributed by atoms with van der Waals surface area (Å²) in [5, 5.41) is 11.8. The zero-order valence-corrected chi connectivity index (χ0v) is 7.29. The largest absolute Gasteiger partial charge is 0.384 e. The molecule has 0 spiro atoms. The highest BCUT2D eigenvalue weighted by Crippen LogP contribution is 2.49. The van der Waals surface area contributed by atoms with Crippen molar-refractivity contribution in [2.24, 2.45) is 11.8 Å². The highest BCUT2D eigenvalue weighted by atomic mass is 16.3. The number of amides is 1. The molecule has 0 aliphatic heterocycles. The Morgan fingerprint density at radius 2 is 2.25 bits per heavy atom. The van der Waals surface area contributed by atoms with E-state index in [1.807, 2.05) is 0 Å². The third-order valence-electron chi connectivity index (χ3n) is 2.77. The van der Waals surface area contributed by atoms with Crippen LogP contribution in [0.1, 0.15) is 26.2 Å². The number of aliphatic hydroxyl groups is 1. The molecule has 2 N–H and O–H groups in total. The Labute approximate surface area is 72.2 Å². The number of rotatable bonds is 3. The lowest BCUT2D eigenvalue weighted by Gasteiger charge is -2.05. The second kappa shape index (κ2) is 2.73. The SMILES string of the molecule is C[C@@H](O)C(=O)NC1CC1C1CC1. The molecule has 0 heterocycles. The Morgan fingerprint density at radius 1 is 1.58 bits per heavy atom. The predicted octanol–water partition coefficient (Wildman–Crippen LogP) is 0.282. The Balaban J connectivity index is 1.71. The number of nitrogens with one attached hydrogen (secondary N) is 1. The summed E-state index contributed by atoms with van der Waals surface area (Å²) in [5.74, 6) is 1.39. The highest BCUT2D eigenvalue weighted by Gasteiger charge is 2.48. The van der Waals surface area contributed by atoms with E-state index in [0.717, 1.165) is 18.3 Å². The van der Waals surface area contributed by atoms with Crippen LogP contribution < -0.4 is 5.32 Å². The van der Waals surface area contributed by atoms with Crippen LogP contribution in [-0.2, 0) is 4.79 Å². The van der Waals surface area contributed by atoms with Gasteiger partial charge in [-0.05, 0) is 38.0 Å². The number of hydrogen-bond donors (Lipinski definition) is 2. The lowest BCUT2D eigenvalue weighted by molar-refractivity contribution is -0.128. The average Bonchev–Trinajstić information content (AvgIpc) is 2.79. The summed E-state index contributed by atoms with van der Waals surface area (Å²) in [7, 11) is 0. The molecule has 0 bridgehead atoms.